The van der Waals surface area contributed by atoms with E-state index in [-0.39, 0.29) is 5.69 Å². The molecule has 0 saturated carbocycles. The first-order valence-corrected chi connectivity index (χ1v) is 4.91. The minimum Gasteiger partial charge on any atom is -0.480 e. The Morgan fingerprint density at radius 1 is 1.32 bits per heavy atom. The van der Waals surface area contributed by atoms with Crippen molar-refractivity contribution in [2.24, 2.45) is 0 Å². The lowest BCUT2D eigenvalue weighted by Crippen LogP contribution is -2.21. The minimum absolute atomic E-state index is 0.0527. The van der Waals surface area contributed by atoms with Crippen LogP contribution in [0.15, 0.2) is 18.3 Å². The molecule has 0 aliphatic carbocycles. The quantitative estimate of drug-likeness (QED) is 0.843. The summed E-state index contributed by atoms with van der Waals surface area (Å²) in [5.74, 6) is -1.92. The van der Waals surface area contributed by atoms with Gasteiger partial charge in [0.2, 0.25) is 5.91 Å². The summed E-state index contributed by atoms with van der Waals surface area (Å²) in [6, 6.07) is 1.75. The third kappa shape index (κ3) is 5.34. The van der Waals surface area contributed by atoms with Gasteiger partial charge in [-0.05, 0) is 12.1 Å². The fraction of sp³-hybridized carbons (Fsp3) is 0.300. The van der Waals surface area contributed by atoms with E-state index in [1.54, 1.807) is 0 Å². The van der Waals surface area contributed by atoms with Gasteiger partial charge in [-0.1, -0.05) is 0 Å². The highest BCUT2D eigenvalue weighted by molar-refractivity contribution is 5.91. The van der Waals surface area contributed by atoms with Gasteiger partial charge in [0.05, 0.1) is 11.9 Å². The lowest BCUT2D eigenvalue weighted by Gasteiger charge is -2.07. The molecule has 1 heterocycles. The van der Waals surface area contributed by atoms with Crippen molar-refractivity contribution in [3.63, 3.8) is 0 Å². The Balaban J connectivity index is 2.49. The Morgan fingerprint density at radius 3 is 2.47 bits per heavy atom. The van der Waals surface area contributed by atoms with Crippen LogP contribution in [0.1, 0.15) is 5.69 Å². The molecule has 0 aromatic carbocycles. The SMILES string of the molecule is O=C(O)COCC(=O)Nc1ccc(C(F)(F)F)nc1. The first-order valence-electron chi connectivity index (χ1n) is 4.91. The van der Waals surface area contributed by atoms with Gasteiger partial charge in [-0.15, -0.1) is 0 Å². The molecule has 19 heavy (non-hydrogen) atoms. The van der Waals surface area contributed by atoms with Crippen molar-refractivity contribution in [3.05, 3.63) is 24.0 Å². The minimum atomic E-state index is -4.55. The van der Waals surface area contributed by atoms with Gasteiger partial charge in [0.25, 0.3) is 0 Å². The molecule has 6 nitrogen and oxygen atoms in total. The molecular formula is C10H9F3N2O4. The number of alkyl halides is 3. The number of carboxylic acid groups (broad SMARTS) is 1. The summed E-state index contributed by atoms with van der Waals surface area (Å²) in [6.07, 6.45) is -3.70. The van der Waals surface area contributed by atoms with E-state index in [4.69, 9.17) is 5.11 Å². The van der Waals surface area contributed by atoms with Gasteiger partial charge in [-0.2, -0.15) is 13.2 Å². The van der Waals surface area contributed by atoms with Gasteiger partial charge >= 0.3 is 12.1 Å². The summed E-state index contributed by atoms with van der Waals surface area (Å²) >= 11 is 0. The monoisotopic (exact) mass is 278 g/mol. The van der Waals surface area contributed by atoms with Crippen molar-refractivity contribution in [2.45, 2.75) is 6.18 Å². The average Bonchev–Trinajstić information content (AvgIpc) is 2.27. The number of rotatable bonds is 5. The maximum Gasteiger partial charge on any atom is 0.433 e. The normalized spacial score (nSPS) is 11.1. The highest BCUT2D eigenvalue weighted by Gasteiger charge is 2.32. The van der Waals surface area contributed by atoms with E-state index in [1.165, 1.54) is 0 Å². The van der Waals surface area contributed by atoms with Crippen molar-refractivity contribution < 1.29 is 32.6 Å². The van der Waals surface area contributed by atoms with Crippen molar-refractivity contribution in [2.75, 3.05) is 18.5 Å². The smallest absolute Gasteiger partial charge is 0.433 e. The van der Waals surface area contributed by atoms with E-state index in [9.17, 15) is 22.8 Å². The number of aliphatic carboxylic acids is 1. The molecule has 1 rings (SSSR count). The Hall–Kier alpha value is -2.16. The maximum absolute atomic E-state index is 12.2. The number of amides is 1. The summed E-state index contributed by atoms with van der Waals surface area (Å²) in [6.45, 7) is -1.16. The molecule has 0 saturated heterocycles. The molecule has 0 radical (unpaired) electrons. The number of ether oxygens (including phenoxy) is 1. The lowest BCUT2D eigenvalue weighted by molar-refractivity contribution is -0.143. The van der Waals surface area contributed by atoms with Crippen LogP contribution in [0.2, 0.25) is 0 Å². The molecule has 1 aromatic rings. The molecule has 0 unspecified atom stereocenters. The second-order valence-corrected chi connectivity index (χ2v) is 3.36. The Labute approximate surface area is 105 Å². The van der Waals surface area contributed by atoms with E-state index >= 15 is 0 Å². The molecule has 0 spiro atoms. The zero-order chi connectivity index (χ0) is 14.5. The first kappa shape index (κ1) is 14.9. The van der Waals surface area contributed by atoms with Gasteiger partial charge < -0.3 is 15.2 Å². The zero-order valence-electron chi connectivity index (χ0n) is 9.40. The average molecular weight is 278 g/mol. The molecule has 9 heteroatoms. The molecular weight excluding hydrogens is 269 g/mol. The van der Waals surface area contributed by atoms with E-state index in [0.717, 1.165) is 12.3 Å². The van der Waals surface area contributed by atoms with Crippen LogP contribution in [0, 0.1) is 0 Å². The Kier molecular flexibility index (Phi) is 4.81. The van der Waals surface area contributed by atoms with Crippen molar-refractivity contribution >= 4 is 17.6 Å². The molecule has 0 aliphatic heterocycles. The maximum atomic E-state index is 12.2. The van der Waals surface area contributed by atoms with Crippen LogP contribution in [0.4, 0.5) is 18.9 Å². The van der Waals surface area contributed by atoms with Gasteiger partial charge in [-0.25, -0.2) is 9.78 Å². The number of halogens is 3. The summed E-state index contributed by atoms with van der Waals surface area (Å²) in [7, 11) is 0. The predicted molar refractivity (Wildman–Crippen MR) is 56.3 cm³/mol. The number of aromatic nitrogens is 1. The number of carbonyl (C=O) groups is 2. The Bertz CT molecular complexity index is 459. The number of hydrogen-bond donors (Lipinski definition) is 2. The van der Waals surface area contributed by atoms with E-state index < -0.39 is 37.0 Å². The van der Waals surface area contributed by atoms with Crippen LogP contribution in [-0.2, 0) is 20.5 Å². The largest absolute Gasteiger partial charge is 0.480 e. The van der Waals surface area contributed by atoms with Gasteiger partial charge in [0, 0.05) is 0 Å². The third-order valence-corrected chi connectivity index (χ3v) is 1.80. The van der Waals surface area contributed by atoms with Crippen molar-refractivity contribution in [3.8, 4) is 0 Å². The lowest BCUT2D eigenvalue weighted by atomic mass is 10.3. The highest BCUT2D eigenvalue weighted by atomic mass is 19.4. The van der Waals surface area contributed by atoms with Crippen molar-refractivity contribution in [1.29, 1.82) is 0 Å². The molecule has 2 N–H and O–H groups in total. The second kappa shape index (κ2) is 6.14. The number of nitrogens with one attached hydrogen (secondary N) is 1. The van der Waals surface area contributed by atoms with Crippen LogP contribution in [-0.4, -0.2) is 35.2 Å². The number of nitrogens with zero attached hydrogens (tertiary/aromatic N) is 1. The molecule has 104 valence electrons. The van der Waals surface area contributed by atoms with E-state index in [1.807, 2.05) is 0 Å². The molecule has 1 aromatic heterocycles. The molecule has 0 fully saturated rings. The van der Waals surface area contributed by atoms with Gasteiger partial charge in [0.1, 0.15) is 18.9 Å². The van der Waals surface area contributed by atoms with Gasteiger partial charge in [-0.3, -0.25) is 4.79 Å². The fourth-order valence-electron chi connectivity index (χ4n) is 1.06. The fourth-order valence-corrected chi connectivity index (χ4v) is 1.06. The zero-order valence-corrected chi connectivity index (χ0v) is 9.40. The number of carbonyl (C=O) groups excluding carboxylic acids is 1. The second-order valence-electron chi connectivity index (χ2n) is 3.36. The Morgan fingerprint density at radius 2 is 2.00 bits per heavy atom. The van der Waals surface area contributed by atoms with E-state index in [0.29, 0.717) is 6.07 Å². The summed E-state index contributed by atoms with van der Waals surface area (Å²) in [5, 5.41) is 10.5. The molecule has 0 atom stereocenters. The molecule has 1 amide bonds. The van der Waals surface area contributed by atoms with Crippen LogP contribution in [0.5, 0.6) is 0 Å². The van der Waals surface area contributed by atoms with Crippen LogP contribution in [0.3, 0.4) is 0 Å². The first-order chi connectivity index (χ1) is 8.79. The molecule has 0 bridgehead atoms. The summed E-state index contributed by atoms with van der Waals surface area (Å²) in [4.78, 5) is 24.4. The van der Waals surface area contributed by atoms with Crippen LogP contribution >= 0.6 is 0 Å². The van der Waals surface area contributed by atoms with E-state index in [2.05, 4.69) is 15.0 Å². The molecule has 0 aliphatic rings. The number of pyridine rings is 1. The summed E-state index contributed by atoms with van der Waals surface area (Å²) < 4.78 is 41.1. The third-order valence-electron chi connectivity index (χ3n) is 1.80. The standard InChI is InChI=1S/C10H9F3N2O4/c11-10(12,13)7-2-1-6(3-14-7)15-8(16)4-19-5-9(17)18/h1-3H,4-5H2,(H,15,16)(H,17,18). The number of hydrogen-bond acceptors (Lipinski definition) is 4. The predicted octanol–water partition coefficient (Wildman–Crippen LogP) is 1.14. The van der Waals surface area contributed by atoms with Crippen LogP contribution in [0.25, 0.3) is 0 Å². The highest BCUT2D eigenvalue weighted by Crippen LogP contribution is 2.27. The van der Waals surface area contributed by atoms with Crippen molar-refractivity contribution in [1.82, 2.24) is 4.98 Å². The van der Waals surface area contributed by atoms with Gasteiger partial charge in [0.15, 0.2) is 0 Å². The van der Waals surface area contributed by atoms with Crippen LogP contribution < -0.4 is 5.32 Å². The number of carboxylic acids is 1. The summed E-state index contributed by atoms with van der Waals surface area (Å²) in [5.41, 5.74) is -1.02. The topological polar surface area (TPSA) is 88.5 Å². The number of anilines is 1.